The number of carbonyl (C=O) groups excluding carboxylic acids is 1. The van der Waals surface area contributed by atoms with Crippen molar-refractivity contribution in [3.05, 3.63) is 83.6 Å². The van der Waals surface area contributed by atoms with Crippen LogP contribution in [0.25, 0.3) is 11.4 Å². The fourth-order valence-electron chi connectivity index (χ4n) is 4.31. The maximum atomic E-state index is 13.6. The summed E-state index contributed by atoms with van der Waals surface area (Å²) in [5, 5.41) is 2.69. The third-order valence-electron chi connectivity index (χ3n) is 6.69. The maximum Gasteiger partial charge on any atom is 0.416 e. The Hall–Kier alpha value is -4.58. The van der Waals surface area contributed by atoms with Gasteiger partial charge in [-0.15, -0.1) is 0 Å². The van der Waals surface area contributed by atoms with Crippen molar-refractivity contribution in [1.29, 1.82) is 0 Å². The Balaban J connectivity index is 1.62. The molecule has 1 N–H and O–H groups in total. The molecule has 4 aromatic rings. The number of rotatable bonds is 11. The summed E-state index contributed by atoms with van der Waals surface area (Å²) in [5.74, 6) is 1.01. The molecule has 0 saturated carbocycles. The van der Waals surface area contributed by atoms with Gasteiger partial charge in [0.05, 0.1) is 22.5 Å². The van der Waals surface area contributed by atoms with E-state index in [1.807, 2.05) is 37.7 Å². The van der Waals surface area contributed by atoms with Gasteiger partial charge in [0.15, 0.2) is 5.82 Å². The number of aromatic nitrogens is 4. The first-order valence-corrected chi connectivity index (χ1v) is 13.8. The summed E-state index contributed by atoms with van der Waals surface area (Å²) < 4.78 is 46.9. The molecule has 9 nitrogen and oxygen atoms in total. The first-order valence-electron chi connectivity index (χ1n) is 13.8. The molecule has 0 bridgehead atoms. The predicted molar refractivity (Wildman–Crippen MR) is 160 cm³/mol. The molecule has 226 valence electrons. The smallest absolute Gasteiger partial charge is 0.416 e. The number of alkyl halides is 3. The molecule has 0 fully saturated rings. The molecule has 0 aliphatic carbocycles. The minimum Gasteiger partial charge on any atom is -0.438 e. The fraction of sp³-hybridized carbons (Fsp3) is 0.323. The van der Waals surface area contributed by atoms with Crippen LogP contribution < -0.4 is 15.0 Å². The second-order valence-corrected chi connectivity index (χ2v) is 10.3. The molecule has 0 aliphatic rings. The third-order valence-corrected chi connectivity index (χ3v) is 6.69. The van der Waals surface area contributed by atoms with Crippen molar-refractivity contribution in [1.82, 2.24) is 24.8 Å². The summed E-state index contributed by atoms with van der Waals surface area (Å²) in [6.07, 6.45) is -0.159. The van der Waals surface area contributed by atoms with E-state index in [4.69, 9.17) is 4.74 Å². The topological polar surface area (TPSA) is 96.4 Å². The number of carbonyl (C=O) groups is 1. The highest BCUT2D eigenvalue weighted by Gasteiger charge is 2.31. The van der Waals surface area contributed by atoms with E-state index in [2.05, 4.69) is 25.3 Å². The van der Waals surface area contributed by atoms with Gasteiger partial charge in [0.25, 0.3) is 5.91 Å². The highest BCUT2D eigenvalue weighted by Crippen LogP contribution is 2.36. The van der Waals surface area contributed by atoms with Gasteiger partial charge in [0, 0.05) is 31.8 Å². The number of amides is 1. The number of ether oxygens (including phenoxy) is 1. The molecule has 4 rings (SSSR count). The molecular weight excluding hydrogens is 559 g/mol. The minimum atomic E-state index is -4.57. The van der Waals surface area contributed by atoms with Gasteiger partial charge >= 0.3 is 6.18 Å². The highest BCUT2D eigenvalue weighted by molar-refractivity contribution is 6.06. The van der Waals surface area contributed by atoms with Crippen molar-refractivity contribution < 1.29 is 22.7 Å². The van der Waals surface area contributed by atoms with Crippen molar-refractivity contribution in [3.63, 3.8) is 0 Å². The lowest BCUT2D eigenvalue weighted by Crippen LogP contribution is -2.25. The number of benzene rings is 2. The van der Waals surface area contributed by atoms with Crippen molar-refractivity contribution in [3.8, 4) is 23.0 Å². The molecule has 0 saturated heterocycles. The largest absolute Gasteiger partial charge is 0.438 e. The summed E-state index contributed by atoms with van der Waals surface area (Å²) in [6.45, 7) is 5.14. The third kappa shape index (κ3) is 8.04. The number of halogens is 3. The number of anilines is 2. The molecule has 0 spiro atoms. The fourth-order valence-corrected chi connectivity index (χ4v) is 4.31. The van der Waals surface area contributed by atoms with Gasteiger partial charge in [0.2, 0.25) is 5.88 Å². The van der Waals surface area contributed by atoms with Crippen LogP contribution in [0.1, 0.15) is 40.7 Å². The van der Waals surface area contributed by atoms with E-state index < -0.39 is 17.6 Å². The van der Waals surface area contributed by atoms with Crippen LogP contribution in [0.3, 0.4) is 0 Å². The van der Waals surface area contributed by atoms with Crippen LogP contribution in [0.15, 0.2) is 61.1 Å². The van der Waals surface area contributed by atoms with E-state index in [1.54, 1.807) is 37.5 Å². The van der Waals surface area contributed by atoms with Crippen LogP contribution in [0.5, 0.6) is 11.6 Å². The first kappa shape index (κ1) is 31.4. The number of aryl methyl sites for hydroxylation is 2. The zero-order valence-corrected chi connectivity index (χ0v) is 24.7. The Kier molecular flexibility index (Phi) is 9.92. The molecule has 0 aliphatic heterocycles. The van der Waals surface area contributed by atoms with E-state index in [-0.39, 0.29) is 17.1 Å². The van der Waals surface area contributed by atoms with E-state index in [9.17, 15) is 18.0 Å². The number of nitrogens with one attached hydrogen (secondary N) is 1. The minimum absolute atomic E-state index is 0.0591. The molecule has 12 heteroatoms. The zero-order valence-electron chi connectivity index (χ0n) is 24.7. The number of hydrogen-bond acceptors (Lipinski definition) is 8. The lowest BCUT2D eigenvalue weighted by Gasteiger charge is -2.24. The highest BCUT2D eigenvalue weighted by atomic mass is 19.4. The second kappa shape index (κ2) is 13.6. The summed E-state index contributed by atoms with van der Waals surface area (Å²) in [5.41, 5.74) is 1.14. The van der Waals surface area contributed by atoms with Gasteiger partial charge in [-0.25, -0.2) is 19.9 Å². The quantitative estimate of drug-likeness (QED) is 0.218. The Bertz CT molecular complexity index is 1580. The van der Waals surface area contributed by atoms with E-state index in [1.165, 1.54) is 18.5 Å². The van der Waals surface area contributed by atoms with Gasteiger partial charge < -0.3 is 19.9 Å². The molecule has 0 unspecified atom stereocenters. The van der Waals surface area contributed by atoms with Crippen molar-refractivity contribution >= 4 is 17.3 Å². The summed E-state index contributed by atoms with van der Waals surface area (Å²) in [4.78, 5) is 34.5. The molecule has 2 aromatic heterocycles. The van der Waals surface area contributed by atoms with Gasteiger partial charge in [-0.1, -0.05) is 13.0 Å². The molecule has 2 heterocycles. The van der Waals surface area contributed by atoms with Gasteiger partial charge in [-0.3, -0.25) is 4.79 Å². The number of nitrogens with zero attached hydrogens (tertiary/aromatic N) is 6. The van der Waals surface area contributed by atoms with Crippen LogP contribution in [-0.4, -0.2) is 65.0 Å². The molecule has 1 amide bonds. The van der Waals surface area contributed by atoms with Crippen molar-refractivity contribution in [2.75, 3.05) is 44.4 Å². The Morgan fingerprint density at radius 1 is 1.00 bits per heavy atom. The van der Waals surface area contributed by atoms with E-state index >= 15 is 0 Å². The number of hydrogen-bond donors (Lipinski definition) is 1. The predicted octanol–water partition coefficient (Wildman–Crippen LogP) is 6.26. The monoisotopic (exact) mass is 593 g/mol. The SMILES string of the molecule is CCc1ncnc(-c2cccnc2Oc2cc(C(=O)Nc3cc(C(F)(F)F)ccc3N(C)CCCN(C)C)ccc2C)n1. The van der Waals surface area contributed by atoms with E-state index in [0.29, 0.717) is 41.6 Å². The Labute approximate surface area is 248 Å². The van der Waals surface area contributed by atoms with Crippen LogP contribution in [0, 0.1) is 6.92 Å². The van der Waals surface area contributed by atoms with Crippen molar-refractivity contribution in [2.24, 2.45) is 0 Å². The van der Waals surface area contributed by atoms with Crippen LogP contribution >= 0.6 is 0 Å². The molecule has 0 radical (unpaired) electrons. The summed E-state index contributed by atoms with van der Waals surface area (Å²) in [7, 11) is 5.69. The Morgan fingerprint density at radius 3 is 2.51 bits per heavy atom. The average molecular weight is 594 g/mol. The Morgan fingerprint density at radius 2 is 1.79 bits per heavy atom. The molecule has 0 atom stereocenters. The normalized spacial score (nSPS) is 11.5. The van der Waals surface area contributed by atoms with Crippen LogP contribution in [0.4, 0.5) is 24.5 Å². The van der Waals surface area contributed by atoms with Crippen LogP contribution in [-0.2, 0) is 12.6 Å². The van der Waals surface area contributed by atoms with Crippen LogP contribution in [0.2, 0.25) is 0 Å². The average Bonchev–Trinajstić information content (AvgIpc) is 2.97. The summed E-state index contributed by atoms with van der Waals surface area (Å²) in [6, 6.07) is 11.7. The lowest BCUT2D eigenvalue weighted by atomic mass is 10.1. The zero-order chi connectivity index (χ0) is 31.1. The van der Waals surface area contributed by atoms with E-state index in [0.717, 1.165) is 30.7 Å². The molecule has 2 aromatic carbocycles. The first-order chi connectivity index (χ1) is 20.5. The van der Waals surface area contributed by atoms with Gasteiger partial charge in [-0.2, -0.15) is 13.2 Å². The second-order valence-electron chi connectivity index (χ2n) is 10.3. The van der Waals surface area contributed by atoms with Crippen molar-refractivity contribution in [2.45, 2.75) is 32.9 Å². The maximum absolute atomic E-state index is 13.6. The lowest BCUT2D eigenvalue weighted by molar-refractivity contribution is -0.137. The standard InChI is InChI=1S/C31H34F3N7O2/c1-6-27-36-19-37-28(39-27)23-9-7-14-35-30(23)43-26-17-21(11-10-20(26)2)29(42)38-24-18-22(31(32,33)34)12-13-25(24)41(5)16-8-15-40(3)4/h7,9-14,17-19H,6,8,15-16H2,1-5H3,(H,38,42). The number of pyridine rings is 1. The molecule has 43 heavy (non-hydrogen) atoms. The summed E-state index contributed by atoms with van der Waals surface area (Å²) >= 11 is 0. The van der Waals surface area contributed by atoms with Gasteiger partial charge in [0.1, 0.15) is 17.9 Å². The molecular formula is C31H34F3N7O2. The van der Waals surface area contributed by atoms with Gasteiger partial charge in [-0.05, 0) is 82.0 Å².